The average molecular weight is 405 g/mol. The first-order chi connectivity index (χ1) is 12.7. The van der Waals surface area contributed by atoms with Crippen LogP contribution in [0.2, 0.25) is 23.7 Å². The monoisotopic (exact) mass is 404 g/mol. The molecular formula is C20H34F2O4Si. The normalized spacial score (nSPS) is 20.3. The highest BCUT2D eigenvalue weighted by atomic mass is 28.3. The summed E-state index contributed by atoms with van der Waals surface area (Å²) >= 11 is 0. The summed E-state index contributed by atoms with van der Waals surface area (Å²) in [5, 5.41) is 0. The Kier molecular flexibility index (Phi) is 8.64. The number of carbonyl (C=O) groups excluding carboxylic acids is 2. The Labute approximate surface area is 162 Å². The number of ether oxygens (including phenoxy) is 2. The van der Waals surface area contributed by atoms with E-state index in [9.17, 15) is 18.4 Å². The highest BCUT2D eigenvalue weighted by Gasteiger charge is 2.57. The summed E-state index contributed by atoms with van der Waals surface area (Å²) in [4.78, 5) is 25.4. The van der Waals surface area contributed by atoms with E-state index in [1.807, 2.05) is 6.92 Å². The molecule has 27 heavy (non-hydrogen) atoms. The Morgan fingerprint density at radius 1 is 1.07 bits per heavy atom. The third-order valence-corrected chi connectivity index (χ3v) is 12.9. The van der Waals surface area contributed by atoms with Crippen molar-refractivity contribution in [1.82, 2.24) is 0 Å². The van der Waals surface area contributed by atoms with E-state index in [-0.39, 0.29) is 25.2 Å². The number of allylic oxidation sites excluding steroid dienone is 1. The van der Waals surface area contributed by atoms with Crippen LogP contribution in [0.5, 0.6) is 0 Å². The molecule has 2 atom stereocenters. The van der Waals surface area contributed by atoms with Gasteiger partial charge in [-0.2, -0.15) is 0 Å². The maximum atomic E-state index is 14.0. The first-order valence-electron chi connectivity index (χ1n) is 10.0. The molecule has 0 spiro atoms. The molecular weight excluding hydrogens is 370 g/mol. The first-order valence-corrected chi connectivity index (χ1v) is 12.7. The van der Waals surface area contributed by atoms with E-state index in [1.54, 1.807) is 13.8 Å². The predicted molar refractivity (Wildman–Crippen MR) is 105 cm³/mol. The van der Waals surface area contributed by atoms with Crippen molar-refractivity contribution in [1.29, 1.82) is 0 Å². The lowest BCUT2D eigenvalue weighted by molar-refractivity contribution is -0.168. The third kappa shape index (κ3) is 4.44. The Morgan fingerprint density at radius 3 is 1.85 bits per heavy atom. The fraction of sp³-hybridized carbons (Fsp3) is 0.800. The molecule has 0 aromatic heterocycles. The molecule has 0 aromatic carbocycles. The Balaban J connectivity index is 3.52. The number of hydrogen-bond donors (Lipinski definition) is 0. The van der Waals surface area contributed by atoms with Crippen LogP contribution >= 0.6 is 0 Å². The summed E-state index contributed by atoms with van der Waals surface area (Å²) in [6.45, 7) is 11.8. The standard InChI is InChI=1S/C20H34F2O4Si/c1-7-25-18(23)20(19(24)26-8-2)12-15(16(13-20)17(21)22)14(6)27(9-3,10-4)11-5/h12,14,16-17H,7-11,13H2,1-6H3. The third-order valence-electron chi connectivity index (χ3n) is 6.50. The number of alkyl halides is 2. The number of halogens is 2. The largest absolute Gasteiger partial charge is 0.465 e. The molecule has 0 radical (unpaired) electrons. The molecule has 0 heterocycles. The number of carbonyl (C=O) groups is 2. The van der Waals surface area contributed by atoms with Gasteiger partial charge < -0.3 is 9.47 Å². The summed E-state index contributed by atoms with van der Waals surface area (Å²) in [6.07, 6.45) is -1.43. The summed E-state index contributed by atoms with van der Waals surface area (Å²) in [5.41, 5.74) is -1.25. The van der Waals surface area contributed by atoms with Crippen molar-refractivity contribution in [2.24, 2.45) is 11.3 Å². The van der Waals surface area contributed by atoms with Crippen LogP contribution in [-0.2, 0) is 19.1 Å². The molecule has 0 saturated heterocycles. The molecule has 0 fully saturated rings. The van der Waals surface area contributed by atoms with Crippen molar-refractivity contribution < 1.29 is 27.8 Å². The fourth-order valence-corrected chi connectivity index (χ4v) is 8.85. The van der Waals surface area contributed by atoms with E-state index < -0.39 is 37.8 Å². The van der Waals surface area contributed by atoms with Gasteiger partial charge >= 0.3 is 11.9 Å². The van der Waals surface area contributed by atoms with E-state index in [2.05, 4.69) is 20.8 Å². The topological polar surface area (TPSA) is 52.6 Å². The average Bonchev–Trinajstić information content (AvgIpc) is 3.06. The molecule has 156 valence electrons. The lowest BCUT2D eigenvalue weighted by atomic mass is 9.85. The lowest BCUT2D eigenvalue weighted by Crippen LogP contribution is -2.40. The summed E-state index contributed by atoms with van der Waals surface area (Å²) < 4.78 is 38.1. The molecule has 0 saturated carbocycles. The molecule has 4 nitrogen and oxygen atoms in total. The van der Waals surface area contributed by atoms with Crippen LogP contribution in [0.4, 0.5) is 8.78 Å². The van der Waals surface area contributed by atoms with E-state index in [1.165, 1.54) is 6.08 Å². The Hall–Kier alpha value is -1.24. The molecule has 0 N–H and O–H groups in total. The van der Waals surface area contributed by atoms with Crippen LogP contribution in [0.25, 0.3) is 0 Å². The Bertz CT molecular complexity index is 532. The highest BCUT2D eigenvalue weighted by Crippen LogP contribution is 2.52. The van der Waals surface area contributed by atoms with Gasteiger partial charge in [0.15, 0.2) is 5.41 Å². The number of rotatable bonds is 10. The van der Waals surface area contributed by atoms with E-state index in [0.717, 1.165) is 18.1 Å². The number of esters is 2. The van der Waals surface area contributed by atoms with Gasteiger partial charge in [-0.05, 0) is 25.8 Å². The van der Waals surface area contributed by atoms with Crippen LogP contribution in [0.1, 0.15) is 48.0 Å². The molecule has 0 amide bonds. The van der Waals surface area contributed by atoms with Gasteiger partial charge in [0.1, 0.15) is 0 Å². The summed E-state index contributed by atoms with van der Waals surface area (Å²) in [5.74, 6) is -2.69. The molecule has 0 bridgehead atoms. The first kappa shape index (κ1) is 23.8. The van der Waals surface area contributed by atoms with Gasteiger partial charge in [0, 0.05) is 5.92 Å². The smallest absolute Gasteiger partial charge is 0.327 e. The second kappa shape index (κ2) is 9.80. The maximum absolute atomic E-state index is 14.0. The zero-order valence-corrected chi connectivity index (χ0v) is 18.4. The molecule has 2 unspecified atom stereocenters. The van der Waals surface area contributed by atoms with Gasteiger partial charge in [0.05, 0.1) is 21.3 Å². The fourth-order valence-electron chi connectivity index (χ4n) is 4.51. The van der Waals surface area contributed by atoms with Gasteiger partial charge in [-0.15, -0.1) is 0 Å². The van der Waals surface area contributed by atoms with Crippen molar-refractivity contribution in [2.75, 3.05) is 13.2 Å². The zero-order chi connectivity index (χ0) is 20.8. The summed E-state index contributed by atoms with van der Waals surface area (Å²) in [7, 11) is -1.85. The van der Waals surface area contributed by atoms with Crippen LogP contribution in [0.3, 0.4) is 0 Å². The van der Waals surface area contributed by atoms with Crippen LogP contribution in [0.15, 0.2) is 11.6 Å². The molecule has 7 heteroatoms. The minimum absolute atomic E-state index is 0.0396. The van der Waals surface area contributed by atoms with Crippen molar-refractivity contribution in [3.63, 3.8) is 0 Å². The lowest BCUT2D eigenvalue weighted by Gasteiger charge is -2.37. The molecule has 0 aromatic rings. The Morgan fingerprint density at radius 2 is 1.52 bits per heavy atom. The van der Waals surface area contributed by atoms with Gasteiger partial charge in [0.25, 0.3) is 0 Å². The minimum Gasteiger partial charge on any atom is -0.465 e. The van der Waals surface area contributed by atoms with Crippen LogP contribution < -0.4 is 0 Å². The minimum atomic E-state index is -2.64. The molecule has 0 aliphatic heterocycles. The van der Waals surface area contributed by atoms with Crippen molar-refractivity contribution in [3.8, 4) is 0 Å². The van der Waals surface area contributed by atoms with E-state index in [4.69, 9.17) is 9.47 Å². The second-order valence-corrected chi connectivity index (χ2v) is 13.1. The van der Waals surface area contributed by atoms with Crippen LogP contribution in [-0.4, -0.2) is 39.7 Å². The quantitative estimate of drug-likeness (QED) is 0.217. The van der Waals surface area contributed by atoms with Gasteiger partial charge in [-0.3, -0.25) is 9.59 Å². The second-order valence-electron chi connectivity index (χ2n) is 7.35. The number of hydrogen-bond acceptors (Lipinski definition) is 4. The molecule has 1 aliphatic carbocycles. The SMILES string of the molecule is CCOC(=O)C1(C(=O)OCC)C=C(C(C)[Si](CC)(CC)CC)C(C(F)F)C1. The van der Waals surface area contributed by atoms with Gasteiger partial charge in [0.2, 0.25) is 6.43 Å². The predicted octanol–water partition coefficient (Wildman–Crippen LogP) is 5.21. The van der Waals surface area contributed by atoms with Gasteiger partial charge in [-0.1, -0.05) is 57.5 Å². The van der Waals surface area contributed by atoms with Crippen molar-refractivity contribution >= 4 is 20.0 Å². The van der Waals surface area contributed by atoms with Gasteiger partial charge in [-0.25, -0.2) is 8.78 Å². The van der Waals surface area contributed by atoms with Crippen LogP contribution in [0, 0.1) is 11.3 Å². The van der Waals surface area contributed by atoms with Crippen molar-refractivity contribution in [2.45, 2.75) is 78.1 Å². The molecule has 1 aliphatic rings. The molecule has 1 rings (SSSR count). The van der Waals surface area contributed by atoms with E-state index >= 15 is 0 Å². The maximum Gasteiger partial charge on any atom is 0.327 e. The van der Waals surface area contributed by atoms with Crippen molar-refractivity contribution in [3.05, 3.63) is 11.6 Å². The van der Waals surface area contributed by atoms with E-state index in [0.29, 0.717) is 5.57 Å². The highest BCUT2D eigenvalue weighted by molar-refractivity contribution is 6.81. The zero-order valence-electron chi connectivity index (χ0n) is 17.4. The summed E-state index contributed by atoms with van der Waals surface area (Å²) in [6, 6.07) is 2.92.